The fraction of sp³-hybridized carbons (Fsp3) is 0.429. The summed E-state index contributed by atoms with van der Waals surface area (Å²) in [6, 6.07) is 1.34. The summed E-state index contributed by atoms with van der Waals surface area (Å²) in [5, 5.41) is 5.46. The van der Waals surface area contributed by atoms with E-state index in [-0.39, 0.29) is 5.82 Å². The minimum Gasteiger partial charge on any atom is -0.363 e. The van der Waals surface area contributed by atoms with Crippen LogP contribution in [-0.4, -0.2) is 17.2 Å². The molecule has 0 bridgehead atoms. The van der Waals surface area contributed by atoms with Gasteiger partial charge in [0, 0.05) is 12.5 Å². The van der Waals surface area contributed by atoms with Gasteiger partial charge in [0.25, 0.3) is 0 Å². The number of alkyl halides is 3. The summed E-state index contributed by atoms with van der Waals surface area (Å²) in [6.07, 6.45) is -4.87. The zero-order valence-corrected chi connectivity index (χ0v) is 6.97. The standard InChI is InChI=1S/C7H7F3N2O2/c8-7(9,10)3-1-6(13)11-5-2-4-14-12-5/h2,4H,1,3H2,(H,11,12,13). The Labute approximate surface area is 77.1 Å². The molecule has 1 aromatic rings. The van der Waals surface area contributed by atoms with Gasteiger partial charge in [0.1, 0.15) is 6.26 Å². The van der Waals surface area contributed by atoms with Crippen LogP contribution in [-0.2, 0) is 4.79 Å². The third-order valence-corrected chi connectivity index (χ3v) is 1.34. The first-order chi connectivity index (χ1) is 6.47. The van der Waals surface area contributed by atoms with E-state index in [1.54, 1.807) is 0 Å². The first-order valence-electron chi connectivity index (χ1n) is 3.74. The highest BCUT2D eigenvalue weighted by atomic mass is 19.4. The number of carbonyl (C=O) groups excluding carboxylic acids is 1. The Hall–Kier alpha value is -1.53. The van der Waals surface area contributed by atoms with Crippen LogP contribution in [0.5, 0.6) is 0 Å². The van der Waals surface area contributed by atoms with Gasteiger partial charge in [0.2, 0.25) is 5.91 Å². The third-order valence-electron chi connectivity index (χ3n) is 1.34. The van der Waals surface area contributed by atoms with Gasteiger partial charge in [0.05, 0.1) is 6.42 Å². The predicted molar refractivity (Wildman–Crippen MR) is 40.4 cm³/mol. The van der Waals surface area contributed by atoms with Gasteiger partial charge in [-0.15, -0.1) is 0 Å². The average Bonchev–Trinajstić information content (AvgIpc) is 2.52. The van der Waals surface area contributed by atoms with Crippen molar-refractivity contribution in [3.8, 4) is 0 Å². The summed E-state index contributed by atoms with van der Waals surface area (Å²) in [7, 11) is 0. The van der Waals surface area contributed by atoms with Gasteiger partial charge in [-0.25, -0.2) is 0 Å². The summed E-state index contributed by atoms with van der Waals surface area (Å²) in [5.41, 5.74) is 0. The van der Waals surface area contributed by atoms with E-state index in [9.17, 15) is 18.0 Å². The molecule has 0 saturated carbocycles. The number of amides is 1. The fourth-order valence-electron chi connectivity index (χ4n) is 0.738. The molecule has 0 aliphatic carbocycles. The van der Waals surface area contributed by atoms with E-state index in [1.165, 1.54) is 12.3 Å². The van der Waals surface area contributed by atoms with E-state index in [0.717, 1.165) is 0 Å². The first-order valence-corrected chi connectivity index (χ1v) is 3.74. The van der Waals surface area contributed by atoms with Crippen LogP contribution >= 0.6 is 0 Å². The highest BCUT2D eigenvalue weighted by Gasteiger charge is 2.27. The van der Waals surface area contributed by atoms with Crippen LogP contribution in [0.3, 0.4) is 0 Å². The molecule has 0 saturated heterocycles. The maximum atomic E-state index is 11.7. The minimum absolute atomic E-state index is 0.108. The molecule has 1 aromatic heterocycles. The van der Waals surface area contributed by atoms with E-state index in [0.29, 0.717) is 0 Å². The molecule has 7 heteroatoms. The lowest BCUT2D eigenvalue weighted by molar-refractivity contribution is -0.142. The molecule has 0 aliphatic heterocycles. The molecular weight excluding hydrogens is 201 g/mol. The maximum absolute atomic E-state index is 11.7. The summed E-state index contributed by atoms with van der Waals surface area (Å²) in [4.78, 5) is 10.9. The number of anilines is 1. The predicted octanol–water partition coefficient (Wildman–Crippen LogP) is 1.96. The minimum atomic E-state index is -4.32. The second kappa shape index (κ2) is 4.12. The quantitative estimate of drug-likeness (QED) is 0.825. The van der Waals surface area contributed by atoms with Gasteiger partial charge in [-0.2, -0.15) is 13.2 Å². The van der Waals surface area contributed by atoms with Gasteiger partial charge in [0.15, 0.2) is 5.82 Å². The van der Waals surface area contributed by atoms with E-state index in [4.69, 9.17) is 0 Å². The summed E-state index contributed by atoms with van der Waals surface area (Å²) < 4.78 is 39.4. The average molecular weight is 208 g/mol. The van der Waals surface area contributed by atoms with E-state index in [1.807, 2.05) is 0 Å². The van der Waals surface area contributed by atoms with Crippen LogP contribution in [0.4, 0.5) is 19.0 Å². The second-order valence-corrected chi connectivity index (χ2v) is 2.55. The van der Waals surface area contributed by atoms with Gasteiger partial charge < -0.3 is 9.84 Å². The number of aromatic nitrogens is 1. The zero-order valence-electron chi connectivity index (χ0n) is 6.97. The number of hydrogen-bond acceptors (Lipinski definition) is 3. The number of carbonyl (C=O) groups is 1. The Morgan fingerprint density at radius 2 is 2.29 bits per heavy atom. The Kier molecular flexibility index (Phi) is 3.10. The molecule has 78 valence electrons. The largest absolute Gasteiger partial charge is 0.389 e. The molecule has 1 N–H and O–H groups in total. The highest BCUT2D eigenvalue weighted by Crippen LogP contribution is 2.21. The van der Waals surface area contributed by atoms with E-state index < -0.39 is 24.9 Å². The lowest BCUT2D eigenvalue weighted by Crippen LogP contribution is -2.16. The third kappa shape index (κ3) is 3.92. The number of rotatable bonds is 3. The maximum Gasteiger partial charge on any atom is 0.389 e. The Morgan fingerprint density at radius 3 is 2.79 bits per heavy atom. The lowest BCUT2D eigenvalue weighted by atomic mass is 10.3. The number of nitrogens with zero attached hydrogens (tertiary/aromatic N) is 1. The van der Waals surface area contributed by atoms with Crippen molar-refractivity contribution in [1.82, 2.24) is 5.16 Å². The molecule has 0 spiro atoms. The molecule has 1 rings (SSSR count). The SMILES string of the molecule is O=C(CCC(F)(F)F)Nc1ccon1. The van der Waals surface area contributed by atoms with Gasteiger partial charge in [-0.3, -0.25) is 4.79 Å². The van der Waals surface area contributed by atoms with Crippen LogP contribution in [0.1, 0.15) is 12.8 Å². The van der Waals surface area contributed by atoms with Gasteiger partial charge in [-0.05, 0) is 0 Å². The smallest absolute Gasteiger partial charge is 0.363 e. The van der Waals surface area contributed by atoms with Crippen molar-refractivity contribution >= 4 is 11.7 Å². The molecule has 1 heterocycles. The van der Waals surface area contributed by atoms with Crippen LogP contribution < -0.4 is 5.32 Å². The van der Waals surface area contributed by atoms with Crippen molar-refractivity contribution in [3.05, 3.63) is 12.3 Å². The molecule has 1 amide bonds. The Balaban J connectivity index is 2.30. The van der Waals surface area contributed by atoms with Gasteiger partial charge in [-0.1, -0.05) is 5.16 Å². The number of nitrogens with one attached hydrogen (secondary N) is 1. The van der Waals surface area contributed by atoms with Crippen LogP contribution in [0.15, 0.2) is 16.9 Å². The zero-order chi connectivity index (χ0) is 10.6. The lowest BCUT2D eigenvalue weighted by Gasteiger charge is -2.04. The van der Waals surface area contributed by atoms with Crippen molar-refractivity contribution in [2.75, 3.05) is 5.32 Å². The van der Waals surface area contributed by atoms with Crippen LogP contribution in [0.2, 0.25) is 0 Å². The molecular formula is C7H7F3N2O2. The topological polar surface area (TPSA) is 55.1 Å². The van der Waals surface area contributed by atoms with E-state index >= 15 is 0 Å². The van der Waals surface area contributed by atoms with Gasteiger partial charge >= 0.3 is 6.18 Å². The molecule has 0 fully saturated rings. The monoisotopic (exact) mass is 208 g/mol. The molecule has 0 radical (unpaired) electrons. The van der Waals surface area contributed by atoms with Crippen molar-refractivity contribution in [1.29, 1.82) is 0 Å². The molecule has 0 atom stereocenters. The summed E-state index contributed by atoms with van der Waals surface area (Å²) >= 11 is 0. The van der Waals surface area contributed by atoms with Crippen molar-refractivity contribution in [2.45, 2.75) is 19.0 Å². The van der Waals surface area contributed by atoms with Crippen LogP contribution in [0, 0.1) is 0 Å². The fourth-order valence-corrected chi connectivity index (χ4v) is 0.738. The van der Waals surface area contributed by atoms with Crippen molar-refractivity contribution < 1.29 is 22.5 Å². The Bertz CT molecular complexity index is 294. The molecule has 0 unspecified atom stereocenters. The molecule has 14 heavy (non-hydrogen) atoms. The van der Waals surface area contributed by atoms with E-state index in [2.05, 4.69) is 15.0 Å². The van der Waals surface area contributed by atoms with Crippen molar-refractivity contribution in [3.63, 3.8) is 0 Å². The molecule has 0 aliphatic rings. The summed E-state index contributed by atoms with van der Waals surface area (Å²) in [6.45, 7) is 0. The van der Waals surface area contributed by atoms with Crippen molar-refractivity contribution in [2.24, 2.45) is 0 Å². The number of hydrogen-bond donors (Lipinski definition) is 1. The van der Waals surface area contributed by atoms with Crippen LogP contribution in [0.25, 0.3) is 0 Å². The Morgan fingerprint density at radius 1 is 1.57 bits per heavy atom. The summed E-state index contributed by atoms with van der Waals surface area (Å²) in [5.74, 6) is -0.631. The molecule has 4 nitrogen and oxygen atoms in total. The highest BCUT2D eigenvalue weighted by molar-refractivity contribution is 5.89. The first kappa shape index (κ1) is 10.6. The second-order valence-electron chi connectivity index (χ2n) is 2.55. The normalized spacial score (nSPS) is 11.4. The number of halogens is 3. The molecule has 0 aromatic carbocycles.